The third kappa shape index (κ3) is 3.62. The highest BCUT2D eigenvalue weighted by molar-refractivity contribution is 6.16. The molecule has 0 spiro atoms. The highest BCUT2D eigenvalue weighted by Gasteiger charge is 2.26. The number of halogens is 2. The molecule has 1 aliphatic rings. The number of carbonyl (C=O) groups is 2. The number of ketones is 1. The van der Waals surface area contributed by atoms with Crippen LogP contribution in [-0.2, 0) is 11.3 Å². The molecule has 150 valence electrons. The van der Waals surface area contributed by atoms with Crippen molar-refractivity contribution in [2.75, 3.05) is 26.3 Å². The van der Waals surface area contributed by atoms with Gasteiger partial charge < -0.3 is 15.5 Å². The van der Waals surface area contributed by atoms with Crippen LogP contribution in [0, 0.1) is 11.6 Å². The third-order valence-electron chi connectivity index (χ3n) is 4.93. The number of rotatable bonds is 5. The first-order valence-electron chi connectivity index (χ1n) is 9.04. The van der Waals surface area contributed by atoms with Gasteiger partial charge in [-0.2, -0.15) is 0 Å². The van der Waals surface area contributed by atoms with E-state index in [0.717, 1.165) is 30.8 Å². The number of benzene rings is 1. The van der Waals surface area contributed by atoms with Gasteiger partial charge in [0.05, 0.1) is 24.3 Å². The van der Waals surface area contributed by atoms with Gasteiger partial charge in [-0.15, -0.1) is 0 Å². The largest absolute Gasteiger partial charge is 0.379 e. The fourth-order valence-electron chi connectivity index (χ4n) is 3.42. The van der Waals surface area contributed by atoms with E-state index in [1.54, 1.807) is 12.3 Å². The second-order valence-corrected chi connectivity index (χ2v) is 6.81. The lowest BCUT2D eigenvalue weighted by Crippen LogP contribution is -2.35. The van der Waals surface area contributed by atoms with Crippen molar-refractivity contribution in [1.29, 1.82) is 0 Å². The summed E-state index contributed by atoms with van der Waals surface area (Å²) in [5.41, 5.74) is 5.10. The lowest BCUT2D eigenvalue weighted by Gasteiger charge is -2.26. The molecule has 0 aliphatic carbocycles. The molecule has 4 rings (SSSR count). The standard InChI is InChI=1S/C20H18F2N4O3/c21-15-2-1-12(19(23)28)17(22)16(15)18(27)14-9-25-20-13(14)7-11(8-24-20)10-26-3-5-29-6-4-26/h1-2,7-9H,3-6,10H2,(H2,23,28)(H,24,25). The summed E-state index contributed by atoms with van der Waals surface area (Å²) in [6.07, 6.45) is 3.05. The molecule has 1 saturated heterocycles. The number of nitrogens with zero attached hydrogens (tertiary/aromatic N) is 2. The van der Waals surface area contributed by atoms with E-state index in [1.807, 2.05) is 0 Å². The normalized spacial score (nSPS) is 15.0. The van der Waals surface area contributed by atoms with E-state index in [4.69, 9.17) is 10.5 Å². The van der Waals surface area contributed by atoms with Crippen molar-refractivity contribution in [3.05, 3.63) is 64.5 Å². The lowest BCUT2D eigenvalue weighted by molar-refractivity contribution is 0.0341. The number of amides is 1. The van der Waals surface area contributed by atoms with Gasteiger partial charge in [0.1, 0.15) is 17.3 Å². The molecular weight excluding hydrogens is 382 g/mol. The summed E-state index contributed by atoms with van der Waals surface area (Å²) in [4.78, 5) is 33.6. The van der Waals surface area contributed by atoms with E-state index < -0.39 is 34.5 Å². The van der Waals surface area contributed by atoms with Crippen LogP contribution in [0.1, 0.15) is 31.8 Å². The van der Waals surface area contributed by atoms with Crippen LogP contribution in [0.5, 0.6) is 0 Å². The van der Waals surface area contributed by atoms with Gasteiger partial charge in [0.25, 0.3) is 5.91 Å². The zero-order valence-corrected chi connectivity index (χ0v) is 15.4. The van der Waals surface area contributed by atoms with E-state index in [2.05, 4.69) is 14.9 Å². The minimum absolute atomic E-state index is 0.0655. The summed E-state index contributed by atoms with van der Waals surface area (Å²) in [6.45, 7) is 3.49. The average molecular weight is 400 g/mol. The summed E-state index contributed by atoms with van der Waals surface area (Å²) in [7, 11) is 0. The second-order valence-electron chi connectivity index (χ2n) is 6.81. The Labute approximate surface area is 164 Å². The van der Waals surface area contributed by atoms with Crippen molar-refractivity contribution in [2.45, 2.75) is 6.54 Å². The van der Waals surface area contributed by atoms with Crippen LogP contribution in [0.25, 0.3) is 11.0 Å². The van der Waals surface area contributed by atoms with Gasteiger partial charge >= 0.3 is 0 Å². The summed E-state index contributed by atoms with van der Waals surface area (Å²) < 4.78 is 34.2. The molecule has 2 aromatic heterocycles. The van der Waals surface area contributed by atoms with Gasteiger partial charge in [-0.05, 0) is 23.8 Å². The summed E-state index contributed by atoms with van der Waals surface area (Å²) in [5.74, 6) is -4.30. The molecule has 9 heteroatoms. The molecule has 1 aromatic carbocycles. The van der Waals surface area contributed by atoms with E-state index >= 15 is 0 Å². The van der Waals surface area contributed by atoms with Crippen molar-refractivity contribution in [1.82, 2.24) is 14.9 Å². The number of primary amides is 1. The Kier molecular flexibility index (Phi) is 5.08. The fourth-order valence-corrected chi connectivity index (χ4v) is 3.42. The molecule has 1 aliphatic heterocycles. The Morgan fingerprint density at radius 3 is 2.69 bits per heavy atom. The molecule has 29 heavy (non-hydrogen) atoms. The molecular formula is C20H18F2N4O3. The summed E-state index contributed by atoms with van der Waals surface area (Å²) >= 11 is 0. The van der Waals surface area contributed by atoms with Crippen molar-refractivity contribution in [3.8, 4) is 0 Å². The number of aromatic nitrogens is 2. The number of ether oxygens (including phenoxy) is 1. The third-order valence-corrected chi connectivity index (χ3v) is 4.93. The van der Waals surface area contributed by atoms with Crippen LogP contribution in [0.15, 0.2) is 30.6 Å². The SMILES string of the molecule is NC(=O)c1ccc(F)c(C(=O)c2c[nH]c3ncc(CN4CCOCC4)cc23)c1F. The predicted molar refractivity (Wildman–Crippen MR) is 100 cm³/mol. The first-order valence-corrected chi connectivity index (χ1v) is 9.04. The van der Waals surface area contributed by atoms with E-state index in [9.17, 15) is 18.4 Å². The molecule has 7 nitrogen and oxygen atoms in total. The Bertz CT molecular complexity index is 1110. The van der Waals surface area contributed by atoms with E-state index in [0.29, 0.717) is 30.8 Å². The highest BCUT2D eigenvalue weighted by Crippen LogP contribution is 2.25. The van der Waals surface area contributed by atoms with Crippen LogP contribution in [-0.4, -0.2) is 52.9 Å². The number of H-pyrrole nitrogens is 1. The van der Waals surface area contributed by atoms with Crippen molar-refractivity contribution in [3.63, 3.8) is 0 Å². The number of pyridine rings is 1. The van der Waals surface area contributed by atoms with Gasteiger partial charge in [0, 0.05) is 43.0 Å². The molecule has 3 aromatic rings. The molecule has 0 atom stereocenters. The van der Waals surface area contributed by atoms with Crippen LogP contribution in [0.3, 0.4) is 0 Å². The van der Waals surface area contributed by atoms with E-state index in [-0.39, 0.29) is 5.56 Å². The second kappa shape index (κ2) is 7.69. The summed E-state index contributed by atoms with van der Waals surface area (Å²) in [6, 6.07) is 3.55. The van der Waals surface area contributed by atoms with Crippen LogP contribution >= 0.6 is 0 Å². The minimum atomic E-state index is -1.27. The van der Waals surface area contributed by atoms with Crippen molar-refractivity contribution >= 4 is 22.7 Å². The molecule has 1 amide bonds. The van der Waals surface area contributed by atoms with Crippen LogP contribution in [0.2, 0.25) is 0 Å². The maximum absolute atomic E-state index is 14.6. The molecule has 0 bridgehead atoms. The minimum Gasteiger partial charge on any atom is -0.379 e. The molecule has 1 fully saturated rings. The summed E-state index contributed by atoms with van der Waals surface area (Å²) in [5, 5.41) is 0.448. The molecule has 3 heterocycles. The van der Waals surface area contributed by atoms with Crippen molar-refractivity contribution < 1.29 is 23.1 Å². The zero-order chi connectivity index (χ0) is 20.5. The van der Waals surface area contributed by atoms with Gasteiger partial charge in [0.15, 0.2) is 0 Å². The van der Waals surface area contributed by atoms with Gasteiger partial charge in [-0.3, -0.25) is 14.5 Å². The predicted octanol–water partition coefficient (Wildman–Crippen LogP) is 2.00. The number of morpholine rings is 1. The highest BCUT2D eigenvalue weighted by atomic mass is 19.1. The maximum Gasteiger partial charge on any atom is 0.251 e. The molecule has 0 unspecified atom stereocenters. The number of hydrogen-bond donors (Lipinski definition) is 2. The molecule has 3 N–H and O–H groups in total. The number of fused-ring (bicyclic) bond motifs is 1. The lowest BCUT2D eigenvalue weighted by atomic mass is 9.99. The maximum atomic E-state index is 14.6. The quantitative estimate of drug-likeness (QED) is 0.638. The number of carbonyl (C=O) groups excluding carboxylic acids is 2. The first-order chi connectivity index (χ1) is 14.0. The van der Waals surface area contributed by atoms with Gasteiger partial charge in [-0.25, -0.2) is 13.8 Å². The van der Waals surface area contributed by atoms with Crippen LogP contribution < -0.4 is 5.73 Å². The smallest absolute Gasteiger partial charge is 0.251 e. The average Bonchev–Trinajstić information content (AvgIpc) is 3.11. The Morgan fingerprint density at radius 2 is 1.97 bits per heavy atom. The van der Waals surface area contributed by atoms with Crippen molar-refractivity contribution in [2.24, 2.45) is 5.73 Å². The molecule has 0 radical (unpaired) electrons. The number of hydrogen-bond acceptors (Lipinski definition) is 5. The first kappa shape index (κ1) is 19.2. The monoisotopic (exact) mass is 400 g/mol. The Balaban J connectivity index is 1.72. The Hall–Kier alpha value is -3.17. The fraction of sp³-hybridized carbons (Fsp3) is 0.250. The number of nitrogens with two attached hydrogens (primary N) is 1. The van der Waals surface area contributed by atoms with E-state index in [1.165, 1.54) is 6.20 Å². The van der Waals surface area contributed by atoms with Gasteiger partial charge in [0.2, 0.25) is 5.78 Å². The zero-order valence-electron chi connectivity index (χ0n) is 15.4. The Morgan fingerprint density at radius 1 is 1.21 bits per heavy atom. The number of aromatic amines is 1. The van der Waals surface area contributed by atoms with Gasteiger partial charge in [-0.1, -0.05) is 0 Å². The molecule has 0 saturated carbocycles. The topological polar surface area (TPSA) is 101 Å². The number of nitrogens with one attached hydrogen (secondary N) is 1. The van der Waals surface area contributed by atoms with Crippen LogP contribution in [0.4, 0.5) is 8.78 Å².